The zero-order valence-electron chi connectivity index (χ0n) is 19.4. The third-order valence-electron chi connectivity index (χ3n) is 5.05. The molecule has 0 spiro atoms. The van der Waals surface area contributed by atoms with E-state index < -0.39 is 0 Å². The highest BCUT2D eigenvalue weighted by atomic mass is 16.5. The van der Waals surface area contributed by atoms with Gasteiger partial charge >= 0.3 is 0 Å². The van der Waals surface area contributed by atoms with Gasteiger partial charge in [0.25, 0.3) is 5.91 Å². The highest BCUT2D eigenvalue weighted by molar-refractivity contribution is 6.04. The lowest BCUT2D eigenvalue weighted by Crippen LogP contribution is -2.14. The maximum absolute atomic E-state index is 12.8. The molecule has 0 aliphatic carbocycles. The molecule has 3 aromatic carbocycles. The third-order valence-corrected chi connectivity index (χ3v) is 5.05. The number of carbonyl (C=O) groups is 1. The molecular weight excluding hydrogens is 402 g/mol. The zero-order valence-corrected chi connectivity index (χ0v) is 19.4. The lowest BCUT2D eigenvalue weighted by Gasteiger charge is -2.23. The Kier molecular flexibility index (Phi) is 7.41. The van der Waals surface area contributed by atoms with E-state index in [0.29, 0.717) is 30.2 Å². The van der Waals surface area contributed by atoms with Crippen molar-refractivity contribution in [1.82, 2.24) is 0 Å². The molecule has 0 aliphatic heterocycles. The van der Waals surface area contributed by atoms with Crippen LogP contribution < -0.4 is 19.5 Å². The van der Waals surface area contributed by atoms with Crippen molar-refractivity contribution in [1.29, 1.82) is 0 Å². The number of para-hydroxylation sites is 1. The van der Waals surface area contributed by atoms with E-state index in [1.54, 1.807) is 37.4 Å². The number of carbonyl (C=O) groups excluding carboxylic acids is 1. The second-order valence-electron chi connectivity index (χ2n) is 8.47. The first-order valence-electron chi connectivity index (χ1n) is 10.7. The summed E-state index contributed by atoms with van der Waals surface area (Å²) in [7, 11) is 1.61. The Bertz CT molecular complexity index is 1050. The molecule has 3 aromatic rings. The zero-order chi connectivity index (χ0) is 23.1. The van der Waals surface area contributed by atoms with Crippen molar-refractivity contribution in [2.45, 2.75) is 39.7 Å². The average molecular weight is 434 g/mol. The summed E-state index contributed by atoms with van der Waals surface area (Å²) in [6.45, 7) is 9.24. The number of amides is 1. The number of methoxy groups -OCH3 is 1. The Balaban J connectivity index is 1.81. The summed E-state index contributed by atoms with van der Waals surface area (Å²) in [4.78, 5) is 12.8. The fourth-order valence-corrected chi connectivity index (χ4v) is 3.38. The summed E-state index contributed by atoms with van der Waals surface area (Å²) < 4.78 is 17.1. The van der Waals surface area contributed by atoms with Crippen LogP contribution in [0, 0.1) is 0 Å². The van der Waals surface area contributed by atoms with E-state index in [-0.39, 0.29) is 11.3 Å². The summed E-state index contributed by atoms with van der Waals surface area (Å²) in [6, 6.07) is 20.7. The van der Waals surface area contributed by atoms with Crippen molar-refractivity contribution in [3.63, 3.8) is 0 Å². The molecule has 3 rings (SSSR count). The lowest BCUT2D eigenvalue weighted by atomic mass is 9.86. The van der Waals surface area contributed by atoms with Gasteiger partial charge in [0, 0.05) is 16.8 Å². The first-order chi connectivity index (χ1) is 15.3. The number of hydrogen-bond donors (Lipinski definition) is 1. The first-order valence-corrected chi connectivity index (χ1v) is 10.7. The molecular formula is C27H31NO4. The van der Waals surface area contributed by atoms with Crippen LogP contribution in [-0.2, 0) is 12.0 Å². The van der Waals surface area contributed by atoms with Gasteiger partial charge in [0.2, 0.25) is 0 Å². The van der Waals surface area contributed by atoms with E-state index in [4.69, 9.17) is 14.2 Å². The van der Waals surface area contributed by atoms with Crippen LogP contribution in [0.4, 0.5) is 5.69 Å². The Labute approximate surface area is 190 Å². The van der Waals surface area contributed by atoms with Crippen LogP contribution in [-0.4, -0.2) is 19.6 Å². The monoisotopic (exact) mass is 433 g/mol. The standard InChI is InChI=1S/C27H31NO4/c1-6-31-24-16-11-19(26(29)28-21-12-14-22(30-5)15-13-21)17-20(24)18-32-25-10-8-7-9-23(25)27(2,3)4/h7-17H,6,18H2,1-5H3,(H,28,29). The minimum absolute atomic E-state index is 0.0422. The van der Waals surface area contributed by atoms with Crippen molar-refractivity contribution in [2.75, 3.05) is 19.0 Å². The summed E-state index contributed by atoms with van der Waals surface area (Å²) in [5.74, 6) is 2.07. The molecule has 0 bridgehead atoms. The van der Waals surface area contributed by atoms with Gasteiger partial charge in [0.1, 0.15) is 23.9 Å². The topological polar surface area (TPSA) is 56.8 Å². The van der Waals surface area contributed by atoms with Crippen molar-refractivity contribution in [3.05, 3.63) is 83.4 Å². The van der Waals surface area contributed by atoms with E-state index in [2.05, 4.69) is 32.2 Å². The molecule has 32 heavy (non-hydrogen) atoms. The van der Waals surface area contributed by atoms with Gasteiger partial charge in [-0.25, -0.2) is 0 Å². The molecule has 1 amide bonds. The average Bonchev–Trinajstić information content (AvgIpc) is 2.78. The Morgan fingerprint density at radius 1 is 0.906 bits per heavy atom. The SMILES string of the molecule is CCOc1ccc(C(=O)Nc2ccc(OC)cc2)cc1COc1ccccc1C(C)(C)C. The number of anilines is 1. The molecule has 0 aliphatic rings. The van der Waals surface area contributed by atoms with E-state index in [1.807, 2.05) is 37.3 Å². The second kappa shape index (κ2) is 10.2. The maximum atomic E-state index is 12.8. The molecule has 5 nitrogen and oxygen atoms in total. The van der Waals surface area contributed by atoms with Crippen LogP contribution in [0.1, 0.15) is 49.2 Å². The molecule has 0 saturated heterocycles. The molecule has 0 atom stereocenters. The van der Waals surface area contributed by atoms with Crippen molar-refractivity contribution >= 4 is 11.6 Å². The largest absolute Gasteiger partial charge is 0.497 e. The van der Waals surface area contributed by atoms with Crippen molar-refractivity contribution in [2.24, 2.45) is 0 Å². The Morgan fingerprint density at radius 3 is 2.28 bits per heavy atom. The van der Waals surface area contributed by atoms with E-state index in [0.717, 1.165) is 22.6 Å². The number of rotatable bonds is 8. The highest BCUT2D eigenvalue weighted by Crippen LogP contribution is 2.32. The van der Waals surface area contributed by atoms with E-state index >= 15 is 0 Å². The molecule has 0 aromatic heterocycles. The summed E-state index contributed by atoms with van der Waals surface area (Å²) in [5.41, 5.74) is 3.14. The van der Waals surface area contributed by atoms with E-state index in [9.17, 15) is 4.79 Å². The smallest absolute Gasteiger partial charge is 0.255 e. The van der Waals surface area contributed by atoms with Crippen molar-refractivity contribution < 1.29 is 19.0 Å². The Morgan fingerprint density at radius 2 is 1.62 bits per heavy atom. The minimum atomic E-state index is -0.199. The van der Waals surface area contributed by atoms with Crippen molar-refractivity contribution in [3.8, 4) is 17.2 Å². The van der Waals surface area contributed by atoms with Gasteiger partial charge in [0.15, 0.2) is 0 Å². The van der Waals surface area contributed by atoms with Gasteiger partial charge in [-0.05, 0) is 66.4 Å². The fourth-order valence-electron chi connectivity index (χ4n) is 3.38. The summed E-state index contributed by atoms with van der Waals surface area (Å²) in [6.07, 6.45) is 0. The first kappa shape index (κ1) is 23.2. The lowest BCUT2D eigenvalue weighted by molar-refractivity contribution is 0.102. The predicted molar refractivity (Wildman–Crippen MR) is 128 cm³/mol. The second-order valence-corrected chi connectivity index (χ2v) is 8.47. The molecule has 0 heterocycles. The van der Waals surface area contributed by atoms with Crippen LogP contribution in [0.25, 0.3) is 0 Å². The van der Waals surface area contributed by atoms with Crippen LogP contribution in [0.5, 0.6) is 17.2 Å². The molecule has 0 saturated carbocycles. The molecule has 0 fully saturated rings. The minimum Gasteiger partial charge on any atom is -0.497 e. The third kappa shape index (κ3) is 5.82. The highest BCUT2D eigenvalue weighted by Gasteiger charge is 2.19. The van der Waals surface area contributed by atoms with Gasteiger partial charge in [-0.2, -0.15) is 0 Å². The van der Waals surface area contributed by atoms with E-state index in [1.165, 1.54) is 0 Å². The number of benzene rings is 3. The molecule has 0 radical (unpaired) electrons. The van der Waals surface area contributed by atoms with Gasteiger partial charge in [-0.1, -0.05) is 39.0 Å². The summed E-state index contributed by atoms with van der Waals surface area (Å²) >= 11 is 0. The normalized spacial score (nSPS) is 11.0. The Hall–Kier alpha value is -3.47. The quantitative estimate of drug-likeness (QED) is 0.458. The van der Waals surface area contributed by atoms with Gasteiger partial charge < -0.3 is 19.5 Å². The molecule has 5 heteroatoms. The maximum Gasteiger partial charge on any atom is 0.255 e. The fraction of sp³-hybridized carbons (Fsp3) is 0.296. The number of nitrogens with one attached hydrogen (secondary N) is 1. The predicted octanol–water partition coefficient (Wildman–Crippen LogP) is 6.22. The number of ether oxygens (including phenoxy) is 3. The van der Waals surface area contributed by atoms with Crippen LogP contribution in [0.2, 0.25) is 0 Å². The number of hydrogen-bond acceptors (Lipinski definition) is 4. The molecule has 1 N–H and O–H groups in total. The van der Waals surface area contributed by atoms with Crippen LogP contribution >= 0.6 is 0 Å². The van der Waals surface area contributed by atoms with Crippen LogP contribution in [0.3, 0.4) is 0 Å². The molecule has 168 valence electrons. The van der Waals surface area contributed by atoms with Gasteiger partial charge in [0.05, 0.1) is 13.7 Å². The van der Waals surface area contributed by atoms with Crippen LogP contribution in [0.15, 0.2) is 66.7 Å². The van der Waals surface area contributed by atoms with Gasteiger partial charge in [-0.15, -0.1) is 0 Å². The molecule has 0 unspecified atom stereocenters. The van der Waals surface area contributed by atoms with Gasteiger partial charge in [-0.3, -0.25) is 4.79 Å². The summed E-state index contributed by atoms with van der Waals surface area (Å²) in [5, 5.41) is 2.91.